The van der Waals surface area contributed by atoms with Crippen molar-refractivity contribution in [3.63, 3.8) is 0 Å². The molecule has 1 heterocycles. The molecule has 3 N–H and O–H groups in total. The van der Waals surface area contributed by atoms with E-state index in [1.807, 2.05) is 48.5 Å². The zero-order valence-electron chi connectivity index (χ0n) is 16.3. The second-order valence-electron chi connectivity index (χ2n) is 6.97. The highest BCUT2D eigenvalue weighted by Gasteiger charge is 2.15. The van der Waals surface area contributed by atoms with Crippen LogP contribution in [0.4, 0.5) is 5.69 Å². The Morgan fingerprint density at radius 1 is 1.18 bits per heavy atom. The van der Waals surface area contributed by atoms with Gasteiger partial charge < -0.3 is 5.32 Å². The predicted molar refractivity (Wildman–Crippen MR) is 116 cm³/mol. The van der Waals surface area contributed by atoms with Crippen LogP contribution < -0.4 is 10.6 Å². The maximum Gasteiger partial charge on any atom is 0.213 e. The van der Waals surface area contributed by atoms with Crippen molar-refractivity contribution in [3.8, 4) is 11.3 Å². The number of carbonyl (C=O) groups excluding carboxylic acids is 1. The molecule has 1 atom stereocenters. The first-order valence-electron chi connectivity index (χ1n) is 9.69. The zero-order valence-corrected chi connectivity index (χ0v) is 16.3. The molecule has 0 saturated carbocycles. The molecule has 3 aromatic rings. The number of nitrogens with one attached hydrogen (secondary N) is 3. The standard InChI is InChI=1S/C23H26N4O/c1-3-4-9-16(2)18-12-8-13-19-21(27-23(24)25-15-28)14-20(26-22(18)19)17-10-6-5-7-11-17/h5-8,10-16H,3-4,9H2,1-2H3,(H3,24,25,26,27,28). The molecule has 0 aliphatic rings. The van der Waals surface area contributed by atoms with Gasteiger partial charge in [-0.05, 0) is 24.0 Å². The van der Waals surface area contributed by atoms with E-state index in [-0.39, 0.29) is 5.96 Å². The summed E-state index contributed by atoms with van der Waals surface area (Å²) in [7, 11) is 0. The van der Waals surface area contributed by atoms with Gasteiger partial charge in [-0.3, -0.25) is 15.5 Å². The van der Waals surface area contributed by atoms with Gasteiger partial charge in [-0.2, -0.15) is 0 Å². The Labute approximate surface area is 165 Å². The van der Waals surface area contributed by atoms with Crippen LogP contribution in [0.25, 0.3) is 22.2 Å². The lowest BCUT2D eigenvalue weighted by Gasteiger charge is -2.17. The van der Waals surface area contributed by atoms with Gasteiger partial charge in [-0.25, -0.2) is 4.98 Å². The van der Waals surface area contributed by atoms with Crippen molar-refractivity contribution in [1.82, 2.24) is 10.3 Å². The minimum atomic E-state index is -0.0639. The van der Waals surface area contributed by atoms with Crippen molar-refractivity contribution in [2.24, 2.45) is 0 Å². The molecule has 1 unspecified atom stereocenters. The van der Waals surface area contributed by atoms with Crippen molar-refractivity contribution in [1.29, 1.82) is 5.41 Å². The van der Waals surface area contributed by atoms with Crippen molar-refractivity contribution in [2.75, 3.05) is 5.32 Å². The molecular weight excluding hydrogens is 348 g/mol. The summed E-state index contributed by atoms with van der Waals surface area (Å²) in [5.41, 5.74) is 4.76. The Balaban J connectivity index is 2.16. The van der Waals surface area contributed by atoms with Gasteiger partial charge in [-0.1, -0.05) is 75.2 Å². The topological polar surface area (TPSA) is 77.9 Å². The second kappa shape index (κ2) is 9.13. The molecule has 28 heavy (non-hydrogen) atoms. The summed E-state index contributed by atoms with van der Waals surface area (Å²) in [5.74, 6) is 0.327. The number of benzene rings is 2. The number of fused-ring (bicyclic) bond motifs is 1. The number of guanidine groups is 1. The van der Waals surface area contributed by atoms with E-state index in [2.05, 4.69) is 30.5 Å². The molecule has 0 fully saturated rings. The summed E-state index contributed by atoms with van der Waals surface area (Å²) >= 11 is 0. The molecule has 1 aromatic heterocycles. The van der Waals surface area contributed by atoms with Crippen molar-refractivity contribution in [3.05, 3.63) is 60.2 Å². The number of unbranched alkanes of at least 4 members (excludes halogenated alkanes) is 1. The Morgan fingerprint density at radius 2 is 1.96 bits per heavy atom. The number of carbonyl (C=O) groups is 1. The number of amides is 1. The van der Waals surface area contributed by atoms with Gasteiger partial charge in [0.1, 0.15) is 0 Å². The fourth-order valence-corrected chi connectivity index (χ4v) is 3.42. The molecule has 144 valence electrons. The van der Waals surface area contributed by atoms with Gasteiger partial charge >= 0.3 is 0 Å². The number of para-hydroxylation sites is 1. The maximum atomic E-state index is 10.7. The van der Waals surface area contributed by atoms with Gasteiger partial charge in [0.05, 0.1) is 16.9 Å². The fourth-order valence-electron chi connectivity index (χ4n) is 3.42. The third-order valence-corrected chi connectivity index (χ3v) is 4.92. The normalized spacial score (nSPS) is 11.8. The third kappa shape index (κ3) is 4.36. The predicted octanol–water partition coefficient (Wildman–Crippen LogP) is 5.29. The summed E-state index contributed by atoms with van der Waals surface area (Å²) < 4.78 is 0. The molecule has 3 rings (SSSR count). The molecule has 0 saturated heterocycles. The number of hydrogen-bond acceptors (Lipinski definition) is 3. The molecule has 0 aliphatic carbocycles. The van der Waals surface area contributed by atoms with E-state index in [4.69, 9.17) is 10.4 Å². The van der Waals surface area contributed by atoms with Crippen LogP contribution in [0.5, 0.6) is 0 Å². The van der Waals surface area contributed by atoms with E-state index < -0.39 is 0 Å². The molecule has 0 aliphatic heterocycles. The maximum absolute atomic E-state index is 10.7. The molecule has 1 amide bonds. The van der Waals surface area contributed by atoms with Crippen LogP contribution in [0.2, 0.25) is 0 Å². The lowest BCUT2D eigenvalue weighted by atomic mass is 9.92. The van der Waals surface area contributed by atoms with E-state index in [0.29, 0.717) is 12.3 Å². The van der Waals surface area contributed by atoms with Crippen molar-refractivity contribution >= 4 is 29.0 Å². The van der Waals surface area contributed by atoms with Gasteiger partial charge in [0.2, 0.25) is 6.41 Å². The molecule has 0 spiro atoms. The van der Waals surface area contributed by atoms with Crippen LogP contribution in [0.1, 0.15) is 44.6 Å². The van der Waals surface area contributed by atoms with E-state index in [0.717, 1.165) is 34.3 Å². The van der Waals surface area contributed by atoms with Crippen LogP contribution >= 0.6 is 0 Å². The van der Waals surface area contributed by atoms with E-state index in [1.54, 1.807) is 0 Å². The average molecular weight is 374 g/mol. The molecule has 2 aromatic carbocycles. The first-order chi connectivity index (χ1) is 13.6. The van der Waals surface area contributed by atoms with Gasteiger partial charge in [0.15, 0.2) is 5.96 Å². The van der Waals surface area contributed by atoms with Crippen LogP contribution in [0, 0.1) is 5.41 Å². The summed E-state index contributed by atoms with van der Waals surface area (Å²) in [6.45, 7) is 4.44. The number of pyridine rings is 1. The highest BCUT2D eigenvalue weighted by molar-refractivity contribution is 6.05. The number of anilines is 1. The van der Waals surface area contributed by atoms with Crippen molar-refractivity contribution in [2.45, 2.75) is 39.0 Å². The highest BCUT2D eigenvalue weighted by Crippen LogP contribution is 2.34. The Bertz CT molecular complexity index is 969. The third-order valence-electron chi connectivity index (χ3n) is 4.92. The molecule has 0 bridgehead atoms. The Morgan fingerprint density at radius 3 is 2.68 bits per heavy atom. The van der Waals surface area contributed by atoms with Gasteiger partial charge in [0, 0.05) is 10.9 Å². The van der Waals surface area contributed by atoms with Crippen LogP contribution in [0.3, 0.4) is 0 Å². The average Bonchev–Trinajstić information content (AvgIpc) is 2.72. The SMILES string of the molecule is CCCCC(C)c1cccc2c(NC(=N)NC=O)cc(-c3ccccc3)nc12. The minimum absolute atomic E-state index is 0.0639. The number of rotatable bonds is 7. The monoisotopic (exact) mass is 374 g/mol. The van der Waals surface area contributed by atoms with Gasteiger partial charge in [-0.15, -0.1) is 0 Å². The van der Waals surface area contributed by atoms with Crippen molar-refractivity contribution < 1.29 is 4.79 Å². The smallest absolute Gasteiger partial charge is 0.213 e. The van der Waals surface area contributed by atoms with Crippen LogP contribution in [-0.2, 0) is 4.79 Å². The number of nitrogens with zero attached hydrogens (tertiary/aromatic N) is 1. The molecular formula is C23H26N4O. The lowest BCUT2D eigenvalue weighted by molar-refractivity contribution is -0.108. The number of aromatic nitrogens is 1. The molecule has 5 heteroatoms. The van der Waals surface area contributed by atoms with E-state index >= 15 is 0 Å². The fraction of sp³-hybridized carbons (Fsp3) is 0.261. The van der Waals surface area contributed by atoms with E-state index in [9.17, 15) is 4.79 Å². The first kappa shape index (κ1) is 19.5. The van der Waals surface area contributed by atoms with Crippen LogP contribution in [0.15, 0.2) is 54.6 Å². The summed E-state index contributed by atoms with van der Waals surface area (Å²) in [6.07, 6.45) is 3.95. The van der Waals surface area contributed by atoms with Gasteiger partial charge in [0.25, 0.3) is 0 Å². The second-order valence-corrected chi connectivity index (χ2v) is 6.97. The Kier molecular flexibility index (Phi) is 6.37. The van der Waals surface area contributed by atoms with E-state index in [1.165, 1.54) is 18.4 Å². The lowest BCUT2D eigenvalue weighted by Crippen LogP contribution is -2.28. The zero-order chi connectivity index (χ0) is 19.9. The minimum Gasteiger partial charge on any atom is -0.325 e. The quantitative estimate of drug-likeness (QED) is 0.299. The first-order valence-corrected chi connectivity index (χ1v) is 9.69. The largest absolute Gasteiger partial charge is 0.325 e. The summed E-state index contributed by atoms with van der Waals surface area (Å²) in [6, 6.07) is 18.1. The summed E-state index contributed by atoms with van der Waals surface area (Å²) in [4.78, 5) is 15.7. The summed E-state index contributed by atoms with van der Waals surface area (Å²) in [5, 5.41) is 14.2. The Hall–Kier alpha value is -3.21. The molecule has 5 nitrogen and oxygen atoms in total. The number of hydrogen-bond donors (Lipinski definition) is 3. The van der Waals surface area contributed by atoms with Crippen LogP contribution in [-0.4, -0.2) is 17.4 Å². The highest BCUT2D eigenvalue weighted by atomic mass is 16.1. The molecule has 0 radical (unpaired) electrons.